The predicted octanol–water partition coefficient (Wildman–Crippen LogP) is 2.80. The maximum absolute atomic E-state index is 11.3. The summed E-state index contributed by atoms with van der Waals surface area (Å²) in [4.78, 5) is 15.8. The van der Waals surface area contributed by atoms with Crippen LogP contribution in [0, 0.1) is 0 Å². The first kappa shape index (κ1) is 12.8. The van der Waals surface area contributed by atoms with Gasteiger partial charge in [-0.25, -0.2) is 4.79 Å². The van der Waals surface area contributed by atoms with Gasteiger partial charge in [0.05, 0.1) is 18.4 Å². The number of fused-ring (bicyclic) bond motifs is 1. The molecule has 1 atom stereocenters. The number of aliphatic imine (C=N–C) groups is 1. The van der Waals surface area contributed by atoms with Gasteiger partial charge in [0.25, 0.3) is 0 Å². The normalized spacial score (nSPS) is 17.9. The van der Waals surface area contributed by atoms with E-state index in [2.05, 4.69) is 4.99 Å². The van der Waals surface area contributed by atoms with E-state index in [1.54, 1.807) is 6.92 Å². The van der Waals surface area contributed by atoms with Crippen LogP contribution < -0.4 is 0 Å². The number of hydrogen-bond donors (Lipinski definition) is 0. The Hall–Kier alpha value is -1.68. The highest BCUT2D eigenvalue weighted by Gasteiger charge is 2.22. The van der Waals surface area contributed by atoms with Crippen LogP contribution in [0.2, 0.25) is 0 Å². The monoisotopic (exact) mass is 247 g/mol. The molecule has 1 aliphatic heterocycles. The molecule has 96 valence electrons. The molecular formula is C14H17NO3. The maximum Gasteiger partial charge on any atom is 0.332 e. The second-order valence-corrected chi connectivity index (χ2v) is 4.21. The molecule has 0 spiro atoms. The van der Waals surface area contributed by atoms with Crippen molar-refractivity contribution < 1.29 is 14.3 Å². The first-order chi connectivity index (χ1) is 8.70. The molecule has 0 aromatic heterocycles. The number of benzene rings is 1. The van der Waals surface area contributed by atoms with Crippen LogP contribution in [0.5, 0.6) is 0 Å². The van der Waals surface area contributed by atoms with Gasteiger partial charge in [0.2, 0.25) is 0 Å². The molecule has 4 nitrogen and oxygen atoms in total. The SMILES string of the molecule is CCOC(=O)CO[C@H]1CC(C)=Nc2ccccc21. The van der Waals surface area contributed by atoms with Gasteiger partial charge in [-0.1, -0.05) is 18.2 Å². The summed E-state index contributed by atoms with van der Waals surface area (Å²) >= 11 is 0. The van der Waals surface area contributed by atoms with Crippen molar-refractivity contribution in [3.05, 3.63) is 29.8 Å². The summed E-state index contributed by atoms with van der Waals surface area (Å²) in [5.74, 6) is -0.324. The Morgan fingerprint density at radius 2 is 2.22 bits per heavy atom. The molecule has 1 aliphatic rings. The average molecular weight is 247 g/mol. The Morgan fingerprint density at radius 3 is 3.00 bits per heavy atom. The summed E-state index contributed by atoms with van der Waals surface area (Å²) in [7, 11) is 0. The average Bonchev–Trinajstić information content (AvgIpc) is 2.36. The molecular weight excluding hydrogens is 230 g/mol. The number of para-hydroxylation sites is 1. The summed E-state index contributed by atoms with van der Waals surface area (Å²) in [6.07, 6.45) is 0.610. The Morgan fingerprint density at radius 1 is 1.44 bits per heavy atom. The number of ether oxygens (including phenoxy) is 2. The van der Waals surface area contributed by atoms with Crippen molar-refractivity contribution in [1.82, 2.24) is 0 Å². The molecule has 2 rings (SSSR count). The van der Waals surface area contributed by atoms with E-state index >= 15 is 0 Å². The minimum absolute atomic E-state index is 0.0138. The number of esters is 1. The van der Waals surface area contributed by atoms with Gasteiger partial charge in [0.15, 0.2) is 0 Å². The van der Waals surface area contributed by atoms with E-state index in [1.807, 2.05) is 31.2 Å². The Labute approximate surface area is 107 Å². The van der Waals surface area contributed by atoms with Crippen LogP contribution in [0.1, 0.15) is 31.9 Å². The summed E-state index contributed by atoms with van der Waals surface area (Å²) in [6.45, 7) is 4.12. The van der Waals surface area contributed by atoms with Crippen LogP contribution in [0.4, 0.5) is 5.69 Å². The Balaban J connectivity index is 2.06. The lowest BCUT2D eigenvalue weighted by Crippen LogP contribution is -2.18. The van der Waals surface area contributed by atoms with Gasteiger partial charge >= 0.3 is 5.97 Å². The molecule has 0 N–H and O–H groups in total. The van der Waals surface area contributed by atoms with E-state index in [1.165, 1.54) is 0 Å². The van der Waals surface area contributed by atoms with Crippen molar-refractivity contribution in [1.29, 1.82) is 0 Å². The summed E-state index contributed by atoms with van der Waals surface area (Å²) in [6, 6.07) is 7.85. The molecule has 0 bridgehead atoms. The highest BCUT2D eigenvalue weighted by atomic mass is 16.6. The molecule has 1 heterocycles. The molecule has 18 heavy (non-hydrogen) atoms. The van der Waals surface area contributed by atoms with Crippen LogP contribution in [-0.4, -0.2) is 24.9 Å². The largest absolute Gasteiger partial charge is 0.464 e. The summed E-state index contributed by atoms with van der Waals surface area (Å²) in [5, 5.41) is 0. The molecule has 4 heteroatoms. The minimum Gasteiger partial charge on any atom is -0.464 e. The minimum atomic E-state index is -0.324. The first-order valence-electron chi connectivity index (χ1n) is 6.11. The number of rotatable bonds is 4. The molecule has 0 aliphatic carbocycles. The fourth-order valence-electron chi connectivity index (χ4n) is 2.01. The topological polar surface area (TPSA) is 47.9 Å². The fraction of sp³-hybridized carbons (Fsp3) is 0.429. The molecule has 0 radical (unpaired) electrons. The maximum atomic E-state index is 11.3. The second kappa shape index (κ2) is 5.78. The molecule has 1 aromatic rings. The van der Waals surface area contributed by atoms with Gasteiger partial charge < -0.3 is 9.47 Å². The summed E-state index contributed by atoms with van der Waals surface area (Å²) in [5.41, 5.74) is 2.98. The van der Waals surface area contributed by atoms with Gasteiger partial charge in [-0.2, -0.15) is 0 Å². The molecule has 0 amide bonds. The van der Waals surface area contributed by atoms with E-state index in [4.69, 9.17) is 9.47 Å². The van der Waals surface area contributed by atoms with Crippen molar-refractivity contribution in [3.63, 3.8) is 0 Å². The van der Waals surface area contributed by atoms with Crippen LogP contribution in [0.3, 0.4) is 0 Å². The van der Waals surface area contributed by atoms with Gasteiger partial charge in [-0.3, -0.25) is 4.99 Å². The smallest absolute Gasteiger partial charge is 0.332 e. The van der Waals surface area contributed by atoms with Crippen LogP contribution in [0.25, 0.3) is 0 Å². The molecule has 0 saturated heterocycles. The van der Waals surface area contributed by atoms with E-state index in [-0.39, 0.29) is 18.7 Å². The lowest BCUT2D eigenvalue weighted by Gasteiger charge is -2.23. The highest BCUT2D eigenvalue weighted by Crippen LogP contribution is 2.34. The Kier molecular flexibility index (Phi) is 4.10. The molecule has 0 fully saturated rings. The standard InChI is InChI=1S/C14H17NO3/c1-3-17-14(16)9-18-13-8-10(2)15-12-7-5-4-6-11(12)13/h4-7,13H,3,8-9H2,1-2H3/t13-/m0/s1. The van der Waals surface area contributed by atoms with Crippen molar-refractivity contribution in [3.8, 4) is 0 Å². The zero-order valence-corrected chi connectivity index (χ0v) is 10.7. The van der Waals surface area contributed by atoms with Crippen LogP contribution in [0.15, 0.2) is 29.3 Å². The molecule has 0 saturated carbocycles. The lowest BCUT2D eigenvalue weighted by molar-refractivity contribution is -0.150. The Bertz CT molecular complexity index is 468. The quantitative estimate of drug-likeness (QED) is 0.769. The van der Waals surface area contributed by atoms with Crippen molar-refractivity contribution in [2.45, 2.75) is 26.4 Å². The third-order valence-corrected chi connectivity index (χ3v) is 2.78. The van der Waals surface area contributed by atoms with Gasteiger partial charge in [0, 0.05) is 17.7 Å². The number of carbonyl (C=O) groups is 1. The first-order valence-corrected chi connectivity index (χ1v) is 6.11. The van der Waals surface area contributed by atoms with E-state index in [0.29, 0.717) is 6.61 Å². The second-order valence-electron chi connectivity index (χ2n) is 4.21. The zero-order valence-electron chi connectivity index (χ0n) is 10.7. The molecule has 0 unspecified atom stereocenters. The molecule has 1 aromatic carbocycles. The van der Waals surface area contributed by atoms with E-state index in [0.717, 1.165) is 23.4 Å². The third-order valence-electron chi connectivity index (χ3n) is 2.78. The summed E-state index contributed by atoms with van der Waals surface area (Å²) < 4.78 is 10.5. The van der Waals surface area contributed by atoms with Crippen LogP contribution in [-0.2, 0) is 14.3 Å². The van der Waals surface area contributed by atoms with Crippen molar-refractivity contribution in [2.24, 2.45) is 4.99 Å². The van der Waals surface area contributed by atoms with Gasteiger partial charge in [-0.15, -0.1) is 0 Å². The van der Waals surface area contributed by atoms with Crippen molar-refractivity contribution in [2.75, 3.05) is 13.2 Å². The predicted molar refractivity (Wildman–Crippen MR) is 69.2 cm³/mol. The van der Waals surface area contributed by atoms with Crippen molar-refractivity contribution >= 4 is 17.4 Å². The zero-order chi connectivity index (χ0) is 13.0. The third kappa shape index (κ3) is 2.96. The lowest BCUT2D eigenvalue weighted by atomic mass is 9.99. The number of nitrogens with zero attached hydrogens (tertiary/aromatic N) is 1. The number of carbonyl (C=O) groups excluding carboxylic acids is 1. The number of hydrogen-bond acceptors (Lipinski definition) is 4. The fourth-order valence-corrected chi connectivity index (χ4v) is 2.01. The van der Waals surface area contributed by atoms with Gasteiger partial charge in [0.1, 0.15) is 6.61 Å². The van der Waals surface area contributed by atoms with Crippen LogP contribution >= 0.6 is 0 Å². The van der Waals surface area contributed by atoms with E-state index in [9.17, 15) is 4.79 Å². The van der Waals surface area contributed by atoms with Gasteiger partial charge in [-0.05, 0) is 19.9 Å². The van der Waals surface area contributed by atoms with E-state index < -0.39 is 0 Å². The highest BCUT2D eigenvalue weighted by molar-refractivity contribution is 5.87.